The predicted octanol–water partition coefficient (Wildman–Crippen LogP) is 4.76. The molecule has 0 aliphatic carbocycles. The van der Waals surface area contributed by atoms with Crippen molar-refractivity contribution in [3.8, 4) is 23.0 Å². The quantitative estimate of drug-likeness (QED) is 0.299. The molecule has 2 aromatic heterocycles. The van der Waals surface area contributed by atoms with Crippen molar-refractivity contribution < 1.29 is 4.74 Å². The summed E-state index contributed by atoms with van der Waals surface area (Å²) in [7, 11) is 0. The minimum atomic E-state index is 0.360. The van der Waals surface area contributed by atoms with Crippen LogP contribution in [0.3, 0.4) is 0 Å². The highest BCUT2D eigenvalue weighted by atomic mass is 35.5. The van der Waals surface area contributed by atoms with Crippen molar-refractivity contribution in [2.45, 2.75) is 5.16 Å². The van der Waals surface area contributed by atoms with Crippen LogP contribution in [0.2, 0.25) is 5.02 Å². The first kappa shape index (κ1) is 19.0. The van der Waals surface area contributed by atoms with Gasteiger partial charge in [0.15, 0.2) is 11.0 Å². The maximum Gasteiger partial charge on any atom is 0.226 e. The van der Waals surface area contributed by atoms with Gasteiger partial charge in [-0.25, -0.2) is 4.98 Å². The van der Waals surface area contributed by atoms with Crippen LogP contribution in [0.5, 0.6) is 11.6 Å². The third-order valence-electron chi connectivity index (χ3n) is 3.81. The van der Waals surface area contributed by atoms with Gasteiger partial charge in [0.1, 0.15) is 11.6 Å². The number of nitrogens with one attached hydrogen (secondary N) is 2. The van der Waals surface area contributed by atoms with Gasteiger partial charge in [-0.2, -0.15) is 4.98 Å². The van der Waals surface area contributed by atoms with E-state index in [2.05, 4.69) is 30.5 Å². The van der Waals surface area contributed by atoms with Crippen molar-refractivity contribution in [3.63, 3.8) is 0 Å². The number of nitrogens with two attached hydrogens (primary N) is 1. The largest absolute Gasteiger partial charge is 0.439 e. The Labute approximate surface area is 175 Å². The van der Waals surface area contributed by atoms with Crippen LogP contribution in [0, 0.1) is 0 Å². The minimum Gasteiger partial charge on any atom is -0.439 e. The molecule has 4 aromatic rings. The number of benzene rings is 2. The van der Waals surface area contributed by atoms with E-state index >= 15 is 0 Å². The summed E-state index contributed by atoms with van der Waals surface area (Å²) in [6, 6.07) is 16.3. The van der Waals surface area contributed by atoms with Gasteiger partial charge in [0, 0.05) is 22.3 Å². The normalized spacial score (nSPS) is 10.7. The van der Waals surface area contributed by atoms with Crippen LogP contribution in [0.1, 0.15) is 0 Å². The molecule has 0 aliphatic heterocycles. The summed E-state index contributed by atoms with van der Waals surface area (Å²) in [5.41, 5.74) is 7.45. The molecule has 0 amide bonds. The Bertz CT molecular complexity index is 1130. The second-order valence-corrected chi connectivity index (χ2v) is 7.11. The molecule has 0 saturated heterocycles. The predicted molar refractivity (Wildman–Crippen MR) is 115 cm³/mol. The highest BCUT2D eigenvalue weighted by Gasteiger charge is 2.07. The number of aromatic nitrogens is 5. The number of anilines is 3. The molecule has 2 heterocycles. The van der Waals surface area contributed by atoms with Gasteiger partial charge in [-0.3, -0.25) is 0 Å². The van der Waals surface area contributed by atoms with E-state index in [-0.39, 0.29) is 0 Å². The first-order chi connectivity index (χ1) is 14.1. The molecular weight excluding hydrogens is 410 g/mol. The van der Waals surface area contributed by atoms with Gasteiger partial charge in [-0.05, 0) is 42.7 Å². The fourth-order valence-electron chi connectivity index (χ4n) is 2.51. The van der Waals surface area contributed by atoms with Gasteiger partial charge in [-0.15, -0.1) is 10.2 Å². The molecule has 4 N–H and O–H groups in total. The van der Waals surface area contributed by atoms with Gasteiger partial charge in [0.2, 0.25) is 11.8 Å². The fraction of sp³-hybridized carbons (Fsp3) is 0.0526. The number of halogens is 1. The van der Waals surface area contributed by atoms with E-state index in [9.17, 15) is 0 Å². The summed E-state index contributed by atoms with van der Waals surface area (Å²) >= 11 is 7.42. The molecule has 4 rings (SSSR count). The van der Waals surface area contributed by atoms with E-state index < -0.39 is 0 Å². The van der Waals surface area contributed by atoms with Gasteiger partial charge in [-0.1, -0.05) is 35.5 Å². The molecule has 8 nitrogen and oxygen atoms in total. The van der Waals surface area contributed by atoms with Crippen molar-refractivity contribution in [1.82, 2.24) is 25.1 Å². The topological polar surface area (TPSA) is 115 Å². The number of rotatable bonds is 6. The zero-order valence-electron chi connectivity index (χ0n) is 15.3. The van der Waals surface area contributed by atoms with Crippen molar-refractivity contribution in [3.05, 3.63) is 59.6 Å². The average Bonchev–Trinajstić information content (AvgIpc) is 3.17. The second kappa shape index (κ2) is 8.38. The minimum absolute atomic E-state index is 0.360. The van der Waals surface area contributed by atoms with Crippen LogP contribution in [0.25, 0.3) is 11.4 Å². The molecule has 0 spiro atoms. The molecule has 0 radical (unpaired) electrons. The Hall–Kier alpha value is -3.30. The zero-order valence-corrected chi connectivity index (χ0v) is 16.8. The Kier molecular flexibility index (Phi) is 5.50. The van der Waals surface area contributed by atoms with E-state index in [1.54, 1.807) is 6.07 Å². The third-order valence-corrected chi connectivity index (χ3v) is 4.59. The molecule has 0 bridgehead atoms. The number of nitrogens with zero attached hydrogens (tertiary/aromatic N) is 4. The lowest BCUT2D eigenvalue weighted by Gasteiger charge is -2.08. The van der Waals surface area contributed by atoms with Crippen LogP contribution in [0.15, 0.2) is 59.8 Å². The number of hydrogen-bond donors (Lipinski definition) is 3. The second-order valence-electron chi connectivity index (χ2n) is 5.90. The zero-order chi connectivity index (χ0) is 20.2. The summed E-state index contributed by atoms with van der Waals surface area (Å²) in [4.78, 5) is 11.5. The van der Waals surface area contributed by atoms with Gasteiger partial charge >= 0.3 is 0 Å². The summed E-state index contributed by atoms with van der Waals surface area (Å²) in [5, 5.41) is 12.6. The molecule has 0 fully saturated rings. The third kappa shape index (κ3) is 4.76. The number of nitrogen functional groups attached to an aromatic ring is 1. The first-order valence-electron chi connectivity index (χ1n) is 8.51. The van der Waals surface area contributed by atoms with Crippen molar-refractivity contribution >= 4 is 40.8 Å². The smallest absolute Gasteiger partial charge is 0.226 e. The van der Waals surface area contributed by atoms with E-state index in [0.29, 0.717) is 39.4 Å². The number of hydrogen-bond acceptors (Lipinski definition) is 8. The first-order valence-corrected chi connectivity index (χ1v) is 10.1. The van der Waals surface area contributed by atoms with Gasteiger partial charge in [0.05, 0.1) is 0 Å². The summed E-state index contributed by atoms with van der Waals surface area (Å²) in [6.07, 6.45) is 1.88. The van der Waals surface area contributed by atoms with E-state index in [1.807, 2.05) is 54.8 Å². The van der Waals surface area contributed by atoms with Crippen molar-refractivity contribution in [2.75, 3.05) is 17.3 Å². The fourth-order valence-corrected chi connectivity index (χ4v) is 3.08. The molecule has 10 heteroatoms. The van der Waals surface area contributed by atoms with E-state index in [4.69, 9.17) is 22.1 Å². The standard InChI is InChI=1S/C19H16ClN7OS/c1-29-19-23-15(21)10-16(24-19)28-14-7-5-13(6-8-14)22-18-25-17(26-27-18)11-3-2-4-12(20)9-11/h2-10H,1H3,(H2,21,23,24)(H2,22,25,26,27). The van der Waals surface area contributed by atoms with Crippen LogP contribution >= 0.6 is 23.4 Å². The van der Waals surface area contributed by atoms with Gasteiger partial charge in [0.25, 0.3) is 0 Å². The lowest BCUT2D eigenvalue weighted by molar-refractivity contribution is 0.456. The monoisotopic (exact) mass is 425 g/mol. The highest BCUT2D eigenvalue weighted by molar-refractivity contribution is 7.98. The van der Waals surface area contributed by atoms with Gasteiger partial charge < -0.3 is 20.8 Å². The van der Waals surface area contributed by atoms with Crippen molar-refractivity contribution in [1.29, 1.82) is 0 Å². The lowest BCUT2D eigenvalue weighted by Crippen LogP contribution is -1.97. The molecule has 0 unspecified atom stereocenters. The Morgan fingerprint density at radius 2 is 1.90 bits per heavy atom. The van der Waals surface area contributed by atoms with Crippen LogP contribution in [-0.4, -0.2) is 31.4 Å². The molecule has 146 valence electrons. The Morgan fingerprint density at radius 1 is 1.07 bits per heavy atom. The SMILES string of the molecule is CSc1nc(N)cc(Oc2ccc(Nc3nnc(-c4cccc(Cl)c4)[nH]3)cc2)n1. The average molecular weight is 426 g/mol. The van der Waals surface area contributed by atoms with Crippen LogP contribution in [0.4, 0.5) is 17.5 Å². The highest BCUT2D eigenvalue weighted by Crippen LogP contribution is 2.26. The summed E-state index contributed by atoms with van der Waals surface area (Å²) < 4.78 is 5.76. The van der Waals surface area contributed by atoms with E-state index in [1.165, 1.54) is 11.8 Å². The molecule has 2 aromatic carbocycles. The van der Waals surface area contributed by atoms with E-state index in [0.717, 1.165) is 11.3 Å². The van der Waals surface area contributed by atoms with Crippen LogP contribution in [-0.2, 0) is 0 Å². The summed E-state index contributed by atoms with van der Waals surface area (Å²) in [5.74, 6) is 2.52. The number of thioether (sulfide) groups is 1. The number of H-pyrrole nitrogens is 1. The molecule has 0 atom stereocenters. The Morgan fingerprint density at radius 3 is 2.66 bits per heavy atom. The molecule has 29 heavy (non-hydrogen) atoms. The lowest BCUT2D eigenvalue weighted by atomic mass is 10.2. The summed E-state index contributed by atoms with van der Waals surface area (Å²) in [6.45, 7) is 0. The molecule has 0 aliphatic rings. The number of ether oxygens (including phenoxy) is 1. The van der Waals surface area contributed by atoms with Crippen molar-refractivity contribution in [2.24, 2.45) is 0 Å². The number of aromatic amines is 1. The maximum absolute atomic E-state index is 6.02. The molecule has 0 saturated carbocycles. The van der Waals surface area contributed by atoms with Crippen LogP contribution < -0.4 is 15.8 Å². The Balaban J connectivity index is 1.44. The maximum atomic E-state index is 6.02. The molecular formula is C19H16ClN7OS.